The van der Waals surface area contributed by atoms with Crippen molar-refractivity contribution in [3.05, 3.63) is 30.0 Å². The summed E-state index contributed by atoms with van der Waals surface area (Å²) in [4.78, 5) is 4.52. The molecule has 132 valence electrons. The summed E-state index contributed by atoms with van der Waals surface area (Å²) in [6.07, 6.45) is -0.557. The highest BCUT2D eigenvalue weighted by molar-refractivity contribution is 6.00. The minimum Gasteiger partial charge on any atom is -0.490 e. The zero-order valence-electron chi connectivity index (χ0n) is 15.2. The van der Waals surface area contributed by atoms with E-state index in [-0.39, 0.29) is 12.6 Å². The van der Waals surface area contributed by atoms with E-state index in [1.807, 2.05) is 58.9 Å². The van der Waals surface area contributed by atoms with Crippen LogP contribution in [0.1, 0.15) is 40.4 Å². The van der Waals surface area contributed by atoms with Gasteiger partial charge in [0.15, 0.2) is 0 Å². The maximum Gasteiger partial charge on any atom is 0.149 e. The van der Waals surface area contributed by atoms with Gasteiger partial charge >= 0.3 is 0 Å². The highest BCUT2D eigenvalue weighted by Gasteiger charge is 2.13. The van der Waals surface area contributed by atoms with Crippen LogP contribution in [0.2, 0.25) is 0 Å². The molecule has 0 aliphatic carbocycles. The molecular weight excluding hydrogens is 304 g/mol. The van der Waals surface area contributed by atoms with Crippen molar-refractivity contribution in [3.8, 4) is 5.75 Å². The molecule has 2 aromatic rings. The number of aliphatic hydroxyl groups is 1. The molecule has 0 radical (unpaired) electrons. The van der Waals surface area contributed by atoms with Crippen LogP contribution in [0.5, 0.6) is 5.75 Å². The van der Waals surface area contributed by atoms with Crippen molar-refractivity contribution < 1.29 is 14.3 Å². The molecule has 24 heavy (non-hydrogen) atoms. The predicted molar refractivity (Wildman–Crippen MR) is 98.2 cm³/mol. The van der Waals surface area contributed by atoms with E-state index in [2.05, 4.69) is 10.3 Å². The fourth-order valence-corrected chi connectivity index (χ4v) is 2.41. The number of nitrogens with zero attached hydrogens (tertiary/aromatic N) is 1. The Bertz CT molecular complexity index is 689. The van der Waals surface area contributed by atoms with Crippen LogP contribution in [0.15, 0.2) is 33.7 Å². The zero-order valence-corrected chi connectivity index (χ0v) is 15.2. The lowest BCUT2D eigenvalue weighted by Crippen LogP contribution is -2.35. The van der Waals surface area contributed by atoms with E-state index in [9.17, 15) is 5.11 Å². The normalized spacial score (nSPS) is 13.9. The molecule has 0 saturated heterocycles. The highest BCUT2D eigenvalue weighted by atomic mass is 16.5. The number of nitrogens with one attached hydrogen (secondary N) is 1. The number of fused-ring (bicyclic) bond motifs is 1. The molecule has 1 unspecified atom stereocenters. The Morgan fingerprint density at radius 1 is 1.29 bits per heavy atom. The van der Waals surface area contributed by atoms with E-state index in [1.165, 1.54) is 0 Å². The molecule has 0 aliphatic heterocycles. The van der Waals surface area contributed by atoms with Crippen LogP contribution in [-0.2, 0) is 0 Å². The van der Waals surface area contributed by atoms with E-state index >= 15 is 0 Å². The molecule has 1 heterocycles. The van der Waals surface area contributed by atoms with E-state index in [0.717, 1.165) is 22.4 Å². The molecule has 5 heteroatoms. The first kappa shape index (κ1) is 18.5. The number of rotatable bonds is 8. The second-order valence-corrected chi connectivity index (χ2v) is 6.61. The van der Waals surface area contributed by atoms with Crippen molar-refractivity contribution >= 4 is 16.7 Å². The number of ether oxygens (including phenoxy) is 1. The molecule has 2 N–H and O–H groups in total. The molecule has 0 spiro atoms. The van der Waals surface area contributed by atoms with Crippen LogP contribution in [0.4, 0.5) is 0 Å². The third-order valence-corrected chi connectivity index (χ3v) is 3.52. The van der Waals surface area contributed by atoms with Gasteiger partial charge in [0.2, 0.25) is 0 Å². The second-order valence-electron chi connectivity index (χ2n) is 6.61. The molecule has 0 aliphatic rings. The molecule has 2 rings (SSSR count). The third-order valence-electron chi connectivity index (χ3n) is 3.52. The largest absolute Gasteiger partial charge is 0.490 e. The summed E-state index contributed by atoms with van der Waals surface area (Å²) in [6, 6.07) is 8.19. The van der Waals surface area contributed by atoms with Gasteiger partial charge in [0, 0.05) is 18.6 Å². The molecule has 5 nitrogen and oxygen atoms in total. The van der Waals surface area contributed by atoms with E-state index in [4.69, 9.17) is 9.15 Å². The number of aliphatic imine (C=N–C) groups is 1. The molecule has 0 saturated carbocycles. The van der Waals surface area contributed by atoms with Gasteiger partial charge in [-0.15, -0.1) is 0 Å². The summed E-state index contributed by atoms with van der Waals surface area (Å²) < 4.78 is 11.7. The number of benzene rings is 1. The van der Waals surface area contributed by atoms with Crippen molar-refractivity contribution in [3.63, 3.8) is 0 Å². The van der Waals surface area contributed by atoms with Crippen molar-refractivity contribution in [2.24, 2.45) is 4.99 Å². The third kappa shape index (κ3) is 5.08. The fraction of sp³-hybridized carbons (Fsp3) is 0.526. The quantitative estimate of drug-likeness (QED) is 0.727. The van der Waals surface area contributed by atoms with Crippen molar-refractivity contribution in [1.82, 2.24) is 5.32 Å². The van der Waals surface area contributed by atoms with Crippen LogP contribution >= 0.6 is 0 Å². The summed E-state index contributed by atoms with van der Waals surface area (Å²) in [6.45, 7) is 10.8. The van der Waals surface area contributed by atoms with E-state index < -0.39 is 6.10 Å². The Balaban J connectivity index is 2.12. The molecule has 0 amide bonds. The van der Waals surface area contributed by atoms with Gasteiger partial charge in [-0.25, -0.2) is 0 Å². The van der Waals surface area contributed by atoms with Crippen LogP contribution in [0, 0.1) is 0 Å². The zero-order chi connectivity index (χ0) is 17.7. The average Bonchev–Trinajstić information content (AvgIpc) is 2.95. The van der Waals surface area contributed by atoms with Crippen molar-refractivity contribution in [2.75, 3.05) is 13.2 Å². The Kier molecular flexibility index (Phi) is 6.40. The molecule has 1 aromatic carbocycles. The maximum absolute atomic E-state index is 9.99. The van der Waals surface area contributed by atoms with Gasteiger partial charge in [0.05, 0.1) is 11.1 Å². The lowest BCUT2D eigenvalue weighted by Gasteiger charge is -2.15. The first-order valence-electron chi connectivity index (χ1n) is 8.48. The average molecular weight is 332 g/mol. The Morgan fingerprint density at radius 3 is 2.71 bits per heavy atom. The Hall–Kier alpha value is -1.85. The predicted octanol–water partition coefficient (Wildman–Crippen LogP) is 3.39. The van der Waals surface area contributed by atoms with Gasteiger partial charge in [-0.05, 0) is 39.0 Å². The highest BCUT2D eigenvalue weighted by Crippen LogP contribution is 2.29. The number of hydrogen-bond donors (Lipinski definition) is 2. The van der Waals surface area contributed by atoms with Gasteiger partial charge in [-0.3, -0.25) is 4.99 Å². The lowest BCUT2D eigenvalue weighted by molar-refractivity contribution is 0.105. The van der Waals surface area contributed by atoms with E-state index in [0.29, 0.717) is 18.3 Å². The molecule has 0 bridgehead atoms. The minimum absolute atomic E-state index is 0.220. The number of hydrogen-bond acceptors (Lipinski definition) is 5. The van der Waals surface area contributed by atoms with Crippen molar-refractivity contribution in [1.29, 1.82) is 0 Å². The topological polar surface area (TPSA) is 67.0 Å². The SMILES string of the molecule is CC(=NC(C)C)c1cc2c(OCC(O)CNC(C)C)cccc2o1. The maximum atomic E-state index is 9.99. The molecule has 1 aromatic heterocycles. The monoisotopic (exact) mass is 332 g/mol. The number of furan rings is 1. The van der Waals surface area contributed by atoms with Crippen LogP contribution in [-0.4, -0.2) is 42.2 Å². The summed E-state index contributed by atoms with van der Waals surface area (Å²) in [7, 11) is 0. The van der Waals surface area contributed by atoms with E-state index in [1.54, 1.807) is 0 Å². The second kappa shape index (κ2) is 8.31. The van der Waals surface area contributed by atoms with Crippen molar-refractivity contribution in [2.45, 2.75) is 52.8 Å². The lowest BCUT2D eigenvalue weighted by atomic mass is 10.2. The standard InChI is InChI=1S/C19H28N2O3/c1-12(2)20-10-15(22)11-23-17-7-6-8-18-16(17)9-19(24-18)14(5)21-13(3)4/h6-9,12-13,15,20,22H,10-11H2,1-5H3. The van der Waals surface area contributed by atoms with Crippen LogP contribution in [0.25, 0.3) is 11.0 Å². The molecule has 1 atom stereocenters. The molecule has 0 fully saturated rings. The first-order chi connectivity index (χ1) is 11.4. The smallest absolute Gasteiger partial charge is 0.149 e. The first-order valence-corrected chi connectivity index (χ1v) is 8.48. The number of aliphatic hydroxyl groups excluding tert-OH is 1. The summed E-state index contributed by atoms with van der Waals surface area (Å²) >= 11 is 0. The summed E-state index contributed by atoms with van der Waals surface area (Å²) in [5, 5.41) is 14.1. The molecular formula is C19H28N2O3. The fourth-order valence-electron chi connectivity index (χ4n) is 2.41. The Labute approximate surface area is 143 Å². The van der Waals surface area contributed by atoms with Gasteiger partial charge in [0.25, 0.3) is 0 Å². The van der Waals surface area contributed by atoms with Crippen LogP contribution < -0.4 is 10.1 Å². The summed E-state index contributed by atoms with van der Waals surface area (Å²) in [5.41, 5.74) is 1.63. The minimum atomic E-state index is -0.557. The van der Waals surface area contributed by atoms with Crippen LogP contribution in [0.3, 0.4) is 0 Å². The summed E-state index contributed by atoms with van der Waals surface area (Å²) in [5.74, 6) is 1.46. The van der Waals surface area contributed by atoms with Gasteiger partial charge in [0.1, 0.15) is 29.8 Å². The van der Waals surface area contributed by atoms with Gasteiger partial charge < -0.3 is 19.6 Å². The van der Waals surface area contributed by atoms with Gasteiger partial charge in [-0.1, -0.05) is 19.9 Å². The Morgan fingerprint density at radius 2 is 2.04 bits per heavy atom. The van der Waals surface area contributed by atoms with Gasteiger partial charge in [-0.2, -0.15) is 0 Å².